The second-order valence-corrected chi connectivity index (χ2v) is 5.65. The lowest BCUT2D eigenvalue weighted by molar-refractivity contribution is 1.04. The topological polar surface area (TPSA) is 55.1 Å². The Morgan fingerprint density at radius 2 is 1.81 bits per heavy atom. The van der Waals surface area contributed by atoms with Gasteiger partial charge in [-0.25, -0.2) is 9.97 Å². The number of anilines is 1. The molecule has 4 aromatic rings. The van der Waals surface area contributed by atoms with Gasteiger partial charge in [-0.3, -0.25) is 9.38 Å². The maximum atomic E-state index is 4.78. The summed E-state index contributed by atoms with van der Waals surface area (Å²) in [5.74, 6) is 0.772. The predicted octanol–water partition coefficient (Wildman–Crippen LogP) is 4.74. The largest absolute Gasteiger partial charge is 0.363 e. The Morgan fingerprint density at radius 3 is 2.54 bits per heavy atom. The number of aromatic nitrogens is 4. The molecule has 0 unspecified atom stereocenters. The van der Waals surface area contributed by atoms with Crippen LogP contribution in [0.25, 0.3) is 16.9 Å². The van der Waals surface area contributed by atoms with Crippen LogP contribution in [0.5, 0.6) is 0 Å². The average Bonchev–Trinajstić information content (AvgIpc) is 3.10. The molecule has 0 fully saturated rings. The van der Waals surface area contributed by atoms with Gasteiger partial charge in [0.05, 0.1) is 5.69 Å². The number of pyridine rings is 1. The van der Waals surface area contributed by atoms with Gasteiger partial charge in [0.2, 0.25) is 0 Å². The number of rotatable bonds is 4. The number of nitrogens with one attached hydrogen (secondary N) is 1. The lowest BCUT2D eigenvalue weighted by atomic mass is 10.2. The van der Waals surface area contributed by atoms with E-state index in [0.717, 1.165) is 34.0 Å². The lowest BCUT2D eigenvalue weighted by Gasteiger charge is -2.10. The summed E-state index contributed by atoms with van der Waals surface area (Å²) < 4.78 is 2.07. The zero-order valence-electron chi connectivity index (χ0n) is 15.3. The van der Waals surface area contributed by atoms with Crippen molar-refractivity contribution in [1.29, 1.82) is 0 Å². The first-order valence-corrected chi connectivity index (χ1v) is 8.84. The molecule has 0 radical (unpaired) electrons. The maximum Gasteiger partial charge on any atom is 0.180 e. The van der Waals surface area contributed by atoms with Crippen molar-refractivity contribution >= 4 is 11.5 Å². The molecule has 0 aliphatic rings. The molecule has 132 valence electrons. The molecular formula is C21H23N5. The van der Waals surface area contributed by atoms with E-state index in [0.29, 0.717) is 6.54 Å². The highest BCUT2D eigenvalue weighted by Crippen LogP contribution is 2.23. The van der Waals surface area contributed by atoms with Gasteiger partial charge in [-0.05, 0) is 18.6 Å². The third kappa shape index (κ3) is 3.72. The minimum absolute atomic E-state index is 0.653. The smallest absolute Gasteiger partial charge is 0.180 e. The number of hydrogen-bond acceptors (Lipinski definition) is 4. The first-order chi connectivity index (χ1) is 12.8. The summed E-state index contributed by atoms with van der Waals surface area (Å²) in [5, 5.41) is 3.39. The van der Waals surface area contributed by atoms with E-state index in [2.05, 4.69) is 31.8 Å². The maximum absolute atomic E-state index is 4.78. The molecule has 0 spiro atoms. The van der Waals surface area contributed by atoms with Crippen molar-refractivity contribution in [2.75, 3.05) is 5.32 Å². The van der Waals surface area contributed by atoms with Crippen molar-refractivity contribution in [3.05, 3.63) is 78.5 Å². The molecule has 1 N–H and O–H groups in total. The zero-order valence-corrected chi connectivity index (χ0v) is 15.3. The highest BCUT2D eigenvalue weighted by Gasteiger charge is 2.10. The quantitative estimate of drug-likeness (QED) is 0.580. The van der Waals surface area contributed by atoms with Crippen LogP contribution in [0.1, 0.15) is 25.1 Å². The molecule has 26 heavy (non-hydrogen) atoms. The van der Waals surface area contributed by atoms with E-state index in [9.17, 15) is 0 Å². The summed E-state index contributed by atoms with van der Waals surface area (Å²) in [5.41, 5.74) is 5.01. The number of fused-ring (bicyclic) bond motifs is 1. The van der Waals surface area contributed by atoms with Gasteiger partial charge in [0.25, 0.3) is 0 Å². The molecule has 0 aliphatic heterocycles. The third-order valence-corrected chi connectivity index (χ3v) is 3.93. The summed E-state index contributed by atoms with van der Waals surface area (Å²) >= 11 is 0. The summed E-state index contributed by atoms with van der Waals surface area (Å²) in [6.07, 6.45) is 7.51. The van der Waals surface area contributed by atoms with E-state index in [-0.39, 0.29) is 0 Å². The van der Waals surface area contributed by atoms with Crippen LogP contribution in [0, 0.1) is 6.92 Å². The summed E-state index contributed by atoms with van der Waals surface area (Å²) in [6.45, 7) is 6.69. The molecule has 3 aromatic heterocycles. The van der Waals surface area contributed by atoms with E-state index < -0.39 is 0 Å². The van der Waals surface area contributed by atoms with Crippen LogP contribution in [0.2, 0.25) is 0 Å². The normalized spacial score (nSPS) is 10.3. The molecule has 4 rings (SSSR count). The Morgan fingerprint density at radius 1 is 1.00 bits per heavy atom. The number of hydrogen-bond donors (Lipinski definition) is 1. The predicted molar refractivity (Wildman–Crippen MR) is 106 cm³/mol. The number of nitrogens with zero attached hydrogens (tertiary/aromatic N) is 4. The van der Waals surface area contributed by atoms with Gasteiger partial charge in [-0.1, -0.05) is 50.2 Å². The Balaban J connectivity index is 0.000000948. The summed E-state index contributed by atoms with van der Waals surface area (Å²) in [4.78, 5) is 13.4. The Hall–Kier alpha value is -3.21. The van der Waals surface area contributed by atoms with Gasteiger partial charge >= 0.3 is 0 Å². The first-order valence-electron chi connectivity index (χ1n) is 8.84. The first kappa shape index (κ1) is 17.6. The highest BCUT2D eigenvalue weighted by atomic mass is 15.1. The van der Waals surface area contributed by atoms with E-state index in [1.165, 1.54) is 0 Å². The molecule has 0 aliphatic carbocycles. The second kappa shape index (κ2) is 8.25. The van der Waals surface area contributed by atoms with Crippen LogP contribution in [-0.2, 0) is 6.54 Å². The Kier molecular flexibility index (Phi) is 5.59. The number of benzene rings is 1. The average molecular weight is 345 g/mol. The summed E-state index contributed by atoms with van der Waals surface area (Å²) in [6, 6.07) is 14.1. The van der Waals surface area contributed by atoms with Gasteiger partial charge in [-0.15, -0.1) is 0 Å². The third-order valence-electron chi connectivity index (χ3n) is 3.93. The van der Waals surface area contributed by atoms with Crippen molar-refractivity contribution in [2.45, 2.75) is 27.3 Å². The van der Waals surface area contributed by atoms with Crippen LogP contribution >= 0.6 is 0 Å². The van der Waals surface area contributed by atoms with Gasteiger partial charge in [0, 0.05) is 42.6 Å². The highest BCUT2D eigenvalue weighted by molar-refractivity contribution is 5.69. The van der Waals surface area contributed by atoms with Crippen molar-refractivity contribution in [3.63, 3.8) is 0 Å². The monoisotopic (exact) mass is 345 g/mol. The van der Waals surface area contributed by atoms with Crippen LogP contribution in [0.4, 0.5) is 5.82 Å². The van der Waals surface area contributed by atoms with Gasteiger partial charge in [0.1, 0.15) is 0 Å². The van der Waals surface area contributed by atoms with Crippen molar-refractivity contribution < 1.29 is 0 Å². The fourth-order valence-electron chi connectivity index (χ4n) is 2.66. The molecule has 1 aromatic carbocycles. The molecule has 0 saturated heterocycles. The van der Waals surface area contributed by atoms with Crippen LogP contribution in [0.15, 0.2) is 67.3 Å². The molecule has 5 heteroatoms. The van der Waals surface area contributed by atoms with Crippen molar-refractivity contribution in [2.24, 2.45) is 0 Å². The number of aryl methyl sites for hydroxylation is 1. The molecule has 0 saturated carbocycles. The Bertz CT molecular complexity index is 962. The standard InChI is InChI=1S/C19H17N5.C2H6/c1-14-10-22-19-18(21-12-15-6-5-9-20-11-15)23-17(13-24(14)19)16-7-3-2-4-8-16;1-2/h2-11,13H,12H2,1H3,(H,21,23);1-2H3. The fourth-order valence-corrected chi connectivity index (χ4v) is 2.66. The van der Waals surface area contributed by atoms with Gasteiger partial charge in [0.15, 0.2) is 11.5 Å². The van der Waals surface area contributed by atoms with Crippen LogP contribution < -0.4 is 5.32 Å². The zero-order chi connectivity index (χ0) is 18.4. The lowest BCUT2D eigenvalue weighted by Crippen LogP contribution is -2.05. The Labute approximate surface area is 153 Å². The second-order valence-electron chi connectivity index (χ2n) is 5.65. The molecule has 0 bridgehead atoms. The molecule has 0 atom stereocenters. The van der Waals surface area contributed by atoms with E-state index in [1.807, 2.05) is 69.7 Å². The SMILES string of the molecule is CC.Cc1cnc2c(NCc3cccnc3)nc(-c3ccccc3)cn12. The molecule has 0 amide bonds. The van der Waals surface area contributed by atoms with Crippen LogP contribution in [-0.4, -0.2) is 19.4 Å². The van der Waals surface area contributed by atoms with Crippen LogP contribution in [0.3, 0.4) is 0 Å². The van der Waals surface area contributed by atoms with E-state index in [4.69, 9.17) is 4.98 Å². The summed E-state index contributed by atoms with van der Waals surface area (Å²) in [7, 11) is 0. The van der Waals surface area contributed by atoms with Crippen molar-refractivity contribution in [3.8, 4) is 11.3 Å². The van der Waals surface area contributed by atoms with Crippen molar-refractivity contribution in [1.82, 2.24) is 19.4 Å². The van der Waals surface area contributed by atoms with Gasteiger partial charge < -0.3 is 5.32 Å². The van der Waals surface area contributed by atoms with Gasteiger partial charge in [-0.2, -0.15) is 0 Å². The minimum Gasteiger partial charge on any atom is -0.363 e. The molecular weight excluding hydrogens is 322 g/mol. The molecule has 5 nitrogen and oxygen atoms in total. The van der Waals surface area contributed by atoms with E-state index >= 15 is 0 Å². The minimum atomic E-state index is 0.653. The van der Waals surface area contributed by atoms with E-state index in [1.54, 1.807) is 6.20 Å². The number of imidazole rings is 1. The fraction of sp³-hybridized carbons (Fsp3) is 0.190. The molecule has 3 heterocycles.